The molecule has 126 valence electrons. The molecule has 0 aliphatic heterocycles. The first-order valence-corrected chi connectivity index (χ1v) is 9.62. The third kappa shape index (κ3) is 3.53. The fourth-order valence-corrected chi connectivity index (χ4v) is 4.51. The quantitative estimate of drug-likeness (QED) is 0.562. The number of fused-ring (bicyclic) bond motifs is 1. The van der Waals surface area contributed by atoms with Gasteiger partial charge in [-0.1, -0.05) is 41.7 Å². The number of nitrogens with zero attached hydrogens (tertiary/aromatic N) is 4. The molecule has 0 radical (unpaired) electrons. The minimum Gasteiger partial charge on any atom is -0.342 e. The van der Waals surface area contributed by atoms with E-state index < -0.39 is 0 Å². The Morgan fingerprint density at radius 1 is 1.04 bits per heavy atom. The smallest absolute Gasteiger partial charge is 0.186 e. The standard InChI is InChI=1S/C18H17N5S2/c19-7-9-23(12-13-4-2-1-3-5-13)18-21-11-16(25-18)17-22-14-6-8-20-10-15(14)24-17/h1-6,8,10-11H,7,9,12,19H2. The van der Waals surface area contributed by atoms with E-state index in [1.165, 1.54) is 5.56 Å². The van der Waals surface area contributed by atoms with Crippen LogP contribution < -0.4 is 10.6 Å². The Morgan fingerprint density at radius 2 is 1.92 bits per heavy atom. The van der Waals surface area contributed by atoms with E-state index in [0.717, 1.165) is 38.3 Å². The molecule has 25 heavy (non-hydrogen) atoms. The highest BCUT2D eigenvalue weighted by Gasteiger charge is 2.14. The highest BCUT2D eigenvalue weighted by molar-refractivity contribution is 7.26. The Hall–Kier alpha value is -2.35. The first-order valence-electron chi connectivity index (χ1n) is 7.99. The third-order valence-electron chi connectivity index (χ3n) is 3.78. The molecule has 0 amide bonds. The lowest BCUT2D eigenvalue weighted by Crippen LogP contribution is -2.28. The summed E-state index contributed by atoms with van der Waals surface area (Å²) in [6.07, 6.45) is 5.53. The van der Waals surface area contributed by atoms with Gasteiger partial charge in [-0.2, -0.15) is 0 Å². The van der Waals surface area contributed by atoms with Gasteiger partial charge in [0.15, 0.2) is 5.13 Å². The maximum Gasteiger partial charge on any atom is 0.186 e. The van der Waals surface area contributed by atoms with Crippen LogP contribution in [-0.2, 0) is 6.54 Å². The summed E-state index contributed by atoms with van der Waals surface area (Å²) in [5, 5.41) is 1.96. The lowest BCUT2D eigenvalue weighted by atomic mass is 10.2. The summed E-state index contributed by atoms with van der Waals surface area (Å²) in [6.45, 7) is 2.16. The zero-order chi connectivity index (χ0) is 17.1. The number of anilines is 1. The minimum absolute atomic E-state index is 0.592. The van der Waals surface area contributed by atoms with Gasteiger partial charge < -0.3 is 10.6 Å². The lowest BCUT2D eigenvalue weighted by Gasteiger charge is -2.21. The Morgan fingerprint density at radius 3 is 2.72 bits per heavy atom. The van der Waals surface area contributed by atoms with E-state index in [2.05, 4.69) is 39.1 Å². The van der Waals surface area contributed by atoms with E-state index in [-0.39, 0.29) is 0 Å². The molecule has 0 saturated heterocycles. The molecule has 2 N–H and O–H groups in total. The van der Waals surface area contributed by atoms with Crippen LogP contribution >= 0.6 is 22.7 Å². The van der Waals surface area contributed by atoms with Crippen LogP contribution in [-0.4, -0.2) is 28.0 Å². The van der Waals surface area contributed by atoms with E-state index in [1.54, 1.807) is 28.9 Å². The van der Waals surface area contributed by atoms with E-state index in [4.69, 9.17) is 10.7 Å². The molecule has 3 heterocycles. The maximum absolute atomic E-state index is 5.81. The van der Waals surface area contributed by atoms with Crippen LogP contribution in [0.2, 0.25) is 0 Å². The van der Waals surface area contributed by atoms with Crippen LogP contribution in [0.1, 0.15) is 5.56 Å². The predicted octanol–water partition coefficient (Wildman–Crippen LogP) is 3.78. The van der Waals surface area contributed by atoms with Crippen molar-refractivity contribution >= 4 is 38.0 Å². The van der Waals surface area contributed by atoms with Gasteiger partial charge in [-0.05, 0) is 11.6 Å². The largest absolute Gasteiger partial charge is 0.342 e. The minimum atomic E-state index is 0.592. The number of benzene rings is 1. The highest BCUT2D eigenvalue weighted by atomic mass is 32.1. The van der Waals surface area contributed by atoms with Crippen molar-refractivity contribution in [1.82, 2.24) is 15.0 Å². The Kier molecular flexibility index (Phi) is 4.69. The summed E-state index contributed by atoms with van der Waals surface area (Å²) in [7, 11) is 0. The second-order valence-electron chi connectivity index (χ2n) is 5.57. The van der Waals surface area contributed by atoms with Crippen LogP contribution in [0, 0.1) is 0 Å². The molecule has 0 unspecified atom stereocenters. The molecule has 0 bridgehead atoms. The summed E-state index contributed by atoms with van der Waals surface area (Å²) < 4.78 is 1.09. The monoisotopic (exact) mass is 367 g/mol. The van der Waals surface area contributed by atoms with Crippen LogP contribution in [0.25, 0.3) is 20.1 Å². The Balaban J connectivity index is 1.61. The number of hydrogen-bond donors (Lipinski definition) is 1. The lowest BCUT2D eigenvalue weighted by molar-refractivity contribution is 0.786. The topological polar surface area (TPSA) is 67.9 Å². The molecule has 0 fully saturated rings. The van der Waals surface area contributed by atoms with Crippen LogP contribution in [0.5, 0.6) is 0 Å². The van der Waals surface area contributed by atoms with Crippen molar-refractivity contribution in [3.05, 3.63) is 60.6 Å². The molecule has 0 aliphatic carbocycles. The van der Waals surface area contributed by atoms with Crippen LogP contribution in [0.15, 0.2) is 55.0 Å². The molecule has 4 rings (SSSR count). The Bertz CT molecular complexity index is 931. The number of hydrogen-bond acceptors (Lipinski definition) is 7. The van der Waals surface area contributed by atoms with Crippen LogP contribution in [0.3, 0.4) is 0 Å². The molecule has 0 aliphatic rings. The SMILES string of the molecule is NCCN(Cc1ccccc1)c1ncc(-c2nc3ccncc3s2)s1. The van der Waals surface area contributed by atoms with E-state index in [9.17, 15) is 0 Å². The van der Waals surface area contributed by atoms with Crippen LogP contribution in [0.4, 0.5) is 5.13 Å². The van der Waals surface area contributed by atoms with Gasteiger partial charge in [-0.15, -0.1) is 11.3 Å². The van der Waals surface area contributed by atoms with Gasteiger partial charge in [-0.25, -0.2) is 9.97 Å². The van der Waals surface area contributed by atoms with Crippen molar-refractivity contribution in [1.29, 1.82) is 0 Å². The zero-order valence-corrected chi connectivity index (χ0v) is 15.1. The van der Waals surface area contributed by atoms with Gasteiger partial charge in [0, 0.05) is 32.0 Å². The molecule has 1 aromatic carbocycles. The molecule has 0 saturated carbocycles. The predicted molar refractivity (Wildman–Crippen MR) is 105 cm³/mol. The molecular weight excluding hydrogens is 350 g/mol. The van der Waals surface area contributed by atoms with E-state index in [1.807, 2.05) is 24.5 Å². The van der Waals surface area contributed by atoms with Crippen molar-refractivity contribution in [2.24, 2.45) is 5.73 Å². The summed E-state index contributed by atoms with van der Waals surface area (Å²) in [5.74, 6) is 0. The number of thiazole rings is 2. The third-order valence-corrected chi connectivity index (χ3v) is 6.01. The first-order chi connectivity index (χ1) is 12.3. The molecule has 7 heteroatoms. The molecule has 0 spiro atoms. The number of pyridine rings is 1. The molecule has 5 nitrogen and oxygen atoms in total. The van der Waals surface area contributed by atoms with Gasteiger partial charge in [0.2, 0.25) is 0 Å². The first kappa shape index (κ1) is 16.1. The van der Waals surface area contributed by atoms with E-state index >= 15 is 0 Å². The summed E-state index contributed by atoms with van der Waals surface area (Å²) >= 11 is 3.30. The number of rotatable bonds is 6. The molecular formula is C18H17N5S2. The normalized spacial score (nSPS) is 11.1. The van der Waals surface area contributed by atoms with Crippen molar-refractivity contribution in [2.45, 2.75) is 6.54 Å². The van der Waals surface area contributed by atoms with Gasteiger partial charge in [-0.3, -0.25) is 4.98 Å². The van der Waals surface area contributed by atoms with Crippen molar-refractivity contribution in [2.75, 3.05) is 18.0 Å². The van der Waals surface area contributed by atoms with Crippen molar-refractivity contribution in [3.63, 3.8) is 0 Å². The molecule has 3 aromatic heterocycles. The number of aromatic nitrogens is 3. The maximum atomic E-state index is 5.81. The second-order valence-corrected chi connectivity index (χ2v) is 7.61. The summed E-state index contributed by atoms with van der Waals surface area (Å²) in [4.78, 5) is 16.8. The summed E-state index contributed by atoms with van der Waals surface area (Å²) in [6, 6.07) is 12.3. The van der Waals surface area contributed by atoms with Gasteiger partial charge >= 0.3 is 0 Å². The second kappa shape index (κ2) is 7.26. The van der Waals surface area contributed by atoms with E-state index in [0.29, 0.717) is 6.54 Å². The molecule has 4 aromatic rings. The summed E-state index contributed by atoms with van der Waals surface area (Å²) in [5.41, 5.74) is 8.04. The van der Waals surface area contributed by atoms with Crippen molar-refractivity contribution in [3.8, 4) is 9.88 Å². The molecule has 0 atom stereocenters. The Labute approximate surface area is 153 Å². The van der Waals surface area contributed by atoms with Crippen molar-refractivity contribution < 1.29 is 0 Å². The van der Waals surface area contributed by atoms with Gasteiger partial charge in [0.25, 0.3) is 0 Å². The fraction of sp³-hybridized carbons (Fsp3) is 0.167. The zero-order valence-electron chi connectivity index (χ0n) is 13.5. The fourth-order valence-electron chi connectivity index (χ4n) is 2.60. The average molecular weight is 368 g/mol. The average Bonchev–Trinajstić information content (AvgIpc) is 3.29. The van der Waals surface area contributed by atoms with Gasteiger partial charge in [0.05, 0.1) is 21.3 Å². The van der Waals surface area contributed by atoms with Gasteiger partial charge in [0.1, 0.15) is 5.01 Å². The number of nitrogens with two attached hydrogens (primary N) is 1. The highest BCUT2D eigenvalue weighted by Crippen LogP contribution is 2.36.